The SMILES string of the molecule is O=C(NCC(O)c1ccc(-n2cccn2)cc1)Nc1cccs1. The maximum Gasteiger partial charge on any atom is 0.319 e. The standard InChI is InChI=1S/C16H16N4O2S/c21-14(11-17-16(22)19-15-3-1-10-23-15)12-4-6-13(7-5-12)20-9-2-8-18-20/h1-10,14,21H,11H2,(H2,17,19,22). The highest BCUT2D eigenvalue weighted by atomic mass is 32.1. The third-order valence-corrected chi connectivity index (χ3v) is 4.05. The molecule has 0 aliphatic rings. The van der Waals surface area contributed by atoms with Crippen LogP contribution in [0.15, 0.2) is 60.2 Å². The number of rotatable bonds is 5. The summed E-state index contributed by atoms with van der Waals surface area (Å²) in [6.07, 6.45) is 2.79. The van der Waals surface area contributed by atoms with Crippen LogP contribution in [0, 0.1) is 0 Å². The van der Waals surface area contributed by atoms with Crippen LogP contribution >= 0.6 is 11.3 Å². The Kier molecular flexibility index (Phi) is 4.70. The van der Waals surface area contributed by atoms with Gasteiger partial charge in [0.15, 0.2) is 0 Å². The van der Waals surface area contributed by atoms with Crippen molar-refractivity contribution in [2.75, 3.05) is 11.9 Å². The molecule has 1 unspecified atom stereocenters. The van der Waals surface area contributed by atoms with Crippen molar-refractivity contribution in [1.29, 1.82) is 0 Å². The molecular formula is C16H16N4O2S. The summed E-state index contributed by atoms with van der Waals surface area (Å²) in [7, 11) is 0. The number of nitrogens with one attached hydrogen (secondary N) is 2. The molecule has 3 aromatic rings. The minimum Gasteiger partial charge on any atom is -0.387 e. The van der Waals surface area contributed by atoms with E-state index in [0.29, 0.717) is 0 Å². The predicted octanol–water partition coefficient (Wildman–Crippen LogP) is 2.79. The zero-order valence-corrected chi connectivity index (χ0v) is 13.0. The highest BCUT2D eigenvalue weighted by molar-refractivity contribution is 7.14. The third-order valence-electron chi connectivity index (χ3n) is 3.26. The van der Waals surface area contributed by atoms with Crippen molar-refractivity contribution >= 4 is 22.4 Å². The fourth-order valence-corrected chi connectivity index (χ4v) is 2.70. The smallest absolute Gasteiger partial charge is 0.319 e. The van der Waals surface area contributed by atoms with Gasteiger partial charge in [-0.1, -0.05) is 12.1 Å². The Balaban J connectivity index is 1.53. The summed E-state index contributed by atoms with van der Waals surface area (Å²) >= 11 is 1.44. The van der Waals surface area contributed by atoms with Crippen molar-refractivity contribution in [2.24, 2.45) is 0 Å². The molecule has 2 aromatic heterocycles. The second kappa shape index (κ2) is 7.08. The first kappa shape index (κ1) is 15.3. The molecule has 0 saturated carbocycles. The van der Waals surface area contributed by atoms with Crippen LogP contribution < -0.4 is 10.6 Å². The molecule has 0 fully saturated rings. The van der Waals surface area contributed by atoms with Crippen LogP contribution in [0.25, 0.3) is 5.69 Å². The highest BCUT2D eigenvalue weighted by Crippen LogP contribution is 2.16. The van der Waals surface area contributed by atoms with Crippen molar-refractivity contribution in [3.63, 3.8) is 0 Å². The average molecular weight is 328 g/mol. The number of urea groups is 1. The Labute approximate surface area is 137 Å². The van der Waals surface area contributed by atoms with Crippen LogP contribution in [0.3, 0.4) is 0 Å². The number of nitrogens with zero attached hydrogens (tertiary/aromatic N) is 2. The summed E-state index contributed by atoms with van der Waals surface area (Å²) in [5, 5.41) is 22.3. The van der Waals surface area contributed by atoms with E-state index in [9.17, 15) is 9.90 Å². The molecule has 6 nitrogen and oxygen atoms in total. The first-order valence-electron chi connectivity index (χ1n) is 7.09. The second-order valence-corrected chi connectivity index (χ2v) is 5.82. The van der Waals surface area contributed by atoms with Crippen LogP contribution in [0.2, 0.25) is 0 Å². The van der Waals surface area contributed by atoms with Gasteiger partial charge in [0.25, 0.3) is 0 Å². The lowest BCUT2D eigenvalue weighted by Crippen LogP contribution is -2.32. The van der Waals surface area contributed by atoms with Crippen molar-refractivity contribution in [3.8, 4) is 5.69 Å². The van der Waals surface area contributed by atoms with E-state index in [2.05, 4.69) is 15.7 Å². The molecule has 0 aliphatic carbocycles. The summed E-state index contributed by atoms with van der Waals surface area (Å²) in [5.41, 5.74) is 1.65. The molecule has 118 valence electrons. The molecule has 3 N–H and O–H groups in total. The van der Waals surface area contributed by atoms with Gasteiger partial charge in [-0.2, -0.15) is 5.10 Å². The van der Waals surface area contributed by atoms with Gasteiger partial charge in [-0.15, -0.1) is 11.3 Å². The van der Waals surface area contributed by atoms with E-state index in [1.54, 1.807) is 10.9 Å². The van der Waals surface area contributed by atoms with E-state index < -0.39 is 6.10 Å². The van der Waals surface area contributed by atoms with E-state index >= 15 is 0 Å². The first-order valence-corrected chi connectivity index (χ1v) is 7.97. The number of carbonyl (C=O) groups is 1. The van der Waals surface area contributed by atoms with Crippen LogP contribution in [0.5, 0.6) is 0 Å². The molecule has 0 aliphatic heterocycles. The number of hydrogen-bond acceptors (Lipinski definition) is 4. The van der Waals surface area contributed by atoms with Crippen LogP contribution in [-0.2, 0) is 0 Å². The molecule has 0 bridgehead atoms. The van der Waals surface area contributed by atoms with Gasteiger partial charge in [0.2, 0.25) is 0 Å². The third kappa shape index (κ3) is 3.97. The minimum absolute atomic E-state index is 0.137. The molecule has 2 amide bonds. The van der Waals surface area contributed by atoms with Gasteiger partial charge in [0.1, 0.15) is 0 Å². The second-order valence-electron chi connectivity index (χ2n) is 4.87. The topological polar surface area (TPSA) is 79.2 Å². The lowest BCUT2D eigenvalue weighted by atomic mass is 10.1. The van der Waals surface area contributed by atoms with Gasteiger partial charge >= 0.3 is 6.03 Å². The van der Waals surface area contributed by atoms with Gasteiger partial charge in [-0.25, -0.2) is 9.48 Å². The van der Waals surface area contributed by atoms with Crippen molar-refractivity contribution < 1.29 is 9.90 Å². The summed E-state index contributed by atoms with van der Waals surface area (Å²) in [6.45, 7) is 0.137. The number of amides is 2. The number of aromatic nitrogens is 2. The Morgan fingerprint density at radius 2 is 2.09 bits per heavy atom. The quantitative estimate of drug-likeness (QED) is 0.674. The summed E-state index contributed by atoms with van der Waals surface area (Å²) in [4.78, 5) is 11.7. The monoisotopic (exact) mass is 328 g/mol. The lowest BCUT2D eigenvalue weighted by Gasteiger charge is -2.13. The Hall–Kier alpha value is -2.64. The number of anilines is 1. The molecule has 0 radical (unpaired) electrons. The van der Waals surface area contributed by atoms with Crippen LogP contribution in [0.4, 0.5) is 9.80 Å². The fraction of sp³-hybridized carbons (Fsp3) is 0.125. The van der Waals surface area contributed by atoms with Crippen molar-refractivity contribution in [1.82, 2.24) is 15.1 Å². The van der Waals surface area contributed by atoms with E-state index in [4.69, 9.17) is 0 Å². The number of thiophene rings is 1. The van der Waals surface area contributed by atoms with Gasteiger partial charge in [0.05, 0.1) is 16.8 Å². The molecule has 23 heavy (non-hydrogen) atoms. The van der Waals surface area contributed by atoms with Crippen LogP contribution in [-0.4, -0.2) is 27.5 Å². The summed E-state index contributed by atoms with van der Waals surface area (Å²) < 4.78 is 1.74. The predicted molar refractivity (Wildman–Crippen MR) is 89.9 cm³/mol. The average Bonchev–Trinajstić information content (AvgIpc) is 3.26. The highest BCUT2D eigenvalue weighted by Gasteiger charge is 2.10. The fourth-order valence-electron chi connectivity index (χ4n) is 2.08. The van der Waals surface area contributed by atoms with Gasteiger partial charge in [-0.3, -0.25) is 5.32 Å². The number of benzene rings is 1. The van der Waals surface area contributed by atoms with Crippen molar-refractivity contribution in [2.45, 2.75) is 6.10 Å². The largest absolute Gasteiger partial charge is 0.387 e. The van der Waals surface area contributed by atoms with Gasteiger partial charge < -0.3 is 10.4 Å². The number of aliphatic hydroxyl groups is 1. The molecule has 1 aromatic carbocycles. The molecule has 3 rings (SSSR count). The molecule has 1 atom stereocenters. The molecular weight excluding hydrogens is 312 g/mol. The number of carbonyl (C=O) groups excluding carboxylic acids is 1. The maximum absolute atomic E-state index is 11.7. The molecule has 0 spiro atoms. The molecule has 7 heteroatoms. The Bertz CT molecular complexity index is 739. The van der Waals surface area contributed by atoms with Crippen LogP contribution in [0.1, 0.15) is 11.7 Å². The van der Waals surface area contributed by atoms with E-state index in [-0.39, 0.29) is 12.6 Å². The number of hydrogen-bond donors (Lipinski definition) is 3. The summed E-state index contributed by atoms with van der Waals surface area (Å²) in [6, 6.07) is 12.6. The van der Waals surface area contributed by atoms with Gasteiger partial charge in [-0.05, 0) is 41.3 Å². The van der Waals surface area contributed by atoms with E-state index in [0.717, 1.165) is 16.3 Å². The molecule has 2 heterocycles. The molecule has 0 saturated heterocycles. The Morgan fingerprint density at radius 3 is 2.74 bits per heavy atom. The van der Waals surface area contributed by atoms with E-state index in [1.165, 1.54) is 11.3 Å². The van der Waals surface area contributed by atoms with Crippen molar-refractivity contribution in [3.05, 3.63) is 65.8 Å². The lowest BCUT2D eigenvalue weighted by molar-refractivity contribution is 0.175. The zero-order chi connectivity index (χ0) is 16.1. The minimum atomic E-state index is -0.768. The van der Waals surface area contributed by atoms with E-state index in [1.807, 2.05) is 54.0 Å². The maximum atomic E-state index is 11.7. The first-order chi connectivity index (χ1) is 11.2. The van der Waals surface area contributed by atoms with Gasteiger partial charge in [0, 0.05) is 18.9 Å². The normalized spacial score (nSPS) is 11.9. The Morgan fingerprint density at radius 1 is 1.26 bits per heavy atom. The zero-order valence-electron chi connectivity index (χ0n) is 12.2. The number of aliphatic hydroxyl groups excluding tert-OH is 1. The summed E-state index contributed by atoms with van der Waals surface area (Å²) in [5.74, 6) is 0.